The third-order valence-corrected chi connectivity index (χ3v) is 5.38. The maximum atomic E-state index is 12.8. The van der Waals surface area contributed by atoms with Gasteiger partial charge in [-0.1, -0.05) is 30.0 Å². The molecule has 0 bridgehead atoms. The molecule has 3 rings (SSSR count). The second kappa shape index (κ2) is 9.21. The minimum absolute atomic E-state index is 0.137. The van der Waals surface area contributed by atoms with E-state index in [1.165, 1.54) is 11.8 Å². The Morgan fingerprint density at radius 3 is 2.96 bits per heavy atom. The molecule has 3 aromatic rings. The van der Waals surface area contributed by atoms with Crippen LogP contribution in [0.1, 0.15) is 6.42 Å². The van der Waals surface area contributed by atoms with Crippen molar-refractivity contribution in [2.24, 2.45) is 0 Å². The topological polar surface area (TPSA) is 94.9 Å². The van der Waals surface area contributed by atoms with Crippen LogP contribution in [0.2, 0.25) is 0 Å². The summed E-state index contributed by atoms with van der Waals surface area (Å²) in [5, 5.41) is 18.4. The molecule has 2 heterocycles. The van der Waals surface area contributed by atoms with Gasteiger partial charge < -0.3 is 9.64 Å². The lowest BCUT2D eigenvalue weighted by molar-refractivity contribution is -0.116. The number of methoxy groups -OCH3 is 1. The number of nitriles is 1. The Balaban J connectivity index is 1.70. The van der Waals surface area contributed by atoms with Crippen molar-refractivity contribution in [3.63, 3.8) is 0 Å². The van der Waals surface area contributed by atoms with E-state index in [1.807, 2.05) is 29.6 Å². The number of ether oxygens (including phenoxy) is 1. The van der Waals surface area contributed by atoms with E-state index in [4.69, 9.17) is 10.00 Å². The number of hydrogen-bond donors (Lipinski definition) is 1. The smallest absolute Gasteiger partial charge is 0.237 e. The van der Waals surface area contributed by atoms with E-state index in [1.54, 1.807) is 35.5 Å². The van der Waals surface area contributed by atoms with Gasteiger partial charge in [0.05, 0.1) is 35.9 Å². The highest BCUT2D eigenvalue weighted by Gasteiger charge is 2.20. The van der Waals surface area contributed by atoms with Crippen molar-refractivity contribution in [3.8, 4) is 22.5 Å². The summed E-state index contributed by atoms with van der Waals surface area (Å²) in [5.74, 6) is 1.30. The Kier molecular flexibility index (Phi) is 6.46. The van der Waals surface area contributed by atoms with E-state index < -0.39 is 0 Å². The summed E-state index contributed by atoms with van der Waals surface area (Å²) in [6.07, 6.45) is 0.234. The normalized spacial score (nSPS) is 10.4. The van der Waals surface area contributed by atoms with Gasteiger partial charge in [-0.3, -0.25) is 9.89 Å². The van der Waals surface area contributed by atoms with Crippen molar-refractivity contribution in [1.82, 2.24) is 15.2 Å². The van der Waals surface area contributed by atoms with Crippen LogP contribution in [0.15, 0.2) is 46.9 Å². The first-order chi connectivity index (χ1) is 13.2. The zero-order valence-corrected chi connectivity index (χ0v) is 16.2. The molecule has 0 fully saturated rings. The van der Waals surface area contributed by atoms with Crippen LogP contribution in [-0.2, 0) is 4.79 Å². The van der Waals surface area contributed by atoms with Crippen LogP contribution in [-0.4, -0.2) is 40.5 Å². The number of aromatic amines is 1. The summed E-state index contributed by atoms with van der Waals surface area (Å²) in [6.45, 7) is 0.296. The summed E-state index contributed by atoms with van der Waals surface area (Å²) in [6, 6.07) is 13.2. The summed E-state index contributed by atoms with van der Waals surface area (Å²) in [5.41, 5.74) is 0.648. The molecule has 0 aliphatic rings. The third kappa shape index (κ3) is 4.67. The van der Waals surface area contributed by atoms with Gasteiger partial charge >= 0.3 is 0 Å². The number of nitrogens with zero attached hydrogens (tertiary/aromatic N) is 4. The van der Waals surface area contributed by atoms with E-state index in [0.29, 0.717) is 29.0 Å². The van der Waals surface area contributed by atoms with Gasteiger partial charge in [-0.15, -0.1) is 16.4 Å². The van der Waals surface area contributed by atoms with Crippen molar-refractivity contribution in [2.45, 2.75) is 11.6 Å². The number of benzene rings is 1. The first-order valence-electron chi connectivity index (χ1n) is 8.12. The fourth-order valence-electron chi connectivity index (χ4n) is 2.43. The predicted octanol–water partition coefficient (Wildman–Crippen LogP) is 3.58. The molecule has 0 atom stereocenters. The first kappa shape index (κ1) is 18.9. The Hall–Kier alpha value is -2.83. The van der Waals surface area contributed by atoms with Crippen molar-refractivity contribution in [2.75, 3.05) is 24.3 Å². The Labute approximate surface area is 165 Å². The van der Waals surface area contributed by atoms with Gasteiger partial charge in [0.25, 0.3) is 0 Å². The molecule has 1 amide bonds. The number of aromatic nitrogens is 3. The lowest BCUT2D eigenvalue weighted by atomic mass is 10.2. The standard InChI is InChI=1S/C18H17N5O2S2/c1-25-14-7-3-2-6-13(14)23(10-5-9-19)16(24)12-27-18-20-17(21-22-18)15-8-4-11-26-15/h2-4,6-8,11H,5,10,12H2,1H3,(H,20,21,22). The lowest BCUT2D eigenvalue weighted by Crippen LogP contribution is -2.33. The number of H-pyrrole nitrogens is 1. The highest BCUT2D eigenvalue weighted by Crippen LogP contribution is 2.29. The zero-order chi connectivity index (χ0) is 19.1. The minimum atomic E-state index is -0.137. The van der Waals surface area contributed by atoms with Gasteiger partial charge in [-0.05, 0) is 23.6 Å². The molecular weight excluding hydrogens is 382 g/mol. The number of carbonyl (C=O) groups excluding carboxylic acids is 1. The predicted molar refractivity (Wildman–Crippen MR) is 106 cm³/mol. The highest BCUT2D eigenvalue weighted by atomic mass is 32.2. The molecule has 0 aliphatic heterocycles. The number of thioether (sulfide) groups is 1. The number of anilines is 1. The fourth-order valence-corrected chi connectivity index (χ4v) is 3.77. The molecule has 138 valence electrons. The van der Waals surface area contributed by atoms with Gasteiger partial charge in [0, 0.05) is 6.54 Å². The third-order valence-electron chi connectivity index (χ3n) is 3.67. The first-order valence-corrected chi connectivity index (χ1v) is 9.99. The largest absolute Gasteiger partial charge is 0.495 e. The van der Waals surface area contributed by atoms with Crippen LogP contribution >= 0.6 is 23.1 Å². The van der Waals surface area contributed by atoms with Crippen molar-refractivity contribution in [1.29, 1.82) is 5.26 Å². The van der Waals surface area contributed by atoms with Gasteiger partial charge in [0.2, 0.25) is 11.1 Å². The highest BCUT2D eigenvalue weighted by molar-refractivity contribution is 7.99. The number of carbonyl (C=O) groups is 1. The Morgan fingerprint density at radius 1 is 1.37 bits per heavy atom. The lowest BCUT2D eigenvalue weighted by Gasteiger charge is -2.23. The van der Waals surface area contributed by atoms with Gasteiger partial charge in [-0.25, -0.2) is 4.98 Å². The molecule has 0 saturated heterocycles. The van der Waals surface area contributed by atoms with E-state index in [9.17, 15) is 4.79 Å². The van der Waals surface area contributed by atoms with Crippen LogP contribution in [0.3, 0.4) is 0 Å². The van der Waals surface area contributed by atoms with Crippen molar-refractivity contribution >= 4 is 34.7 Å². The van der Waals surface area contributed by atoms with Crippen molar-refractivity contribution < 1.29 is 9.53 Å². The van der Waals surface area contributed by atoms with E-state index in [0.717, 1.165) is 4.88 Å². The van der Waals surface area contributed by atoms with E-state index in [2.05, 4.69) is 21.3 Å². The molecule has 9 heteroatoms. The van der Waals surface area contributed by atoms with Gasteiger partial charge in [-0.2, -0.15) is 5.26 Å². The average molecular weight is 400 g/mol. The van der Waals surface area contributed by atoms with Crippen LogP contribution in [0.5, 0.6) is 5.75 Å². The number of rotatable bonds is 8. The SMILES string of the molecule is COc1ccccc1N(CCC#N)C(=O)CSc1n[nH]c(-c2cccs2)n1. The maximum Gasteiger partial charge on any atom is 0.237 e. The maximum absolute atomic E-state index is 12.8. The molecule has 1 aromatic carbocycles. The summed E-state index contributed by atoms with van der Waals surface area (Å²) < 4.78 is 5.35. The molecule has 27 heavy (non-hydrogen) atoms. The summed E-state index contributed by atoms with van der Waals surface area (Å²) in [4.78, 5) is 19.8. The number of para-hydroxylation sites is 2. The van der Waals surface area contributed by atoms with Gasteiger partial charge in [0.15, 0.2) is 5.82 Å². The quantitative estimate of drug-likeness (QED) is 0.582. The number of nitrogens with one attached hydrogen (secondary N) is 1. The average Bonchev–Trinajstić information content (AvgIpc) is 3.38. The molecule has 0 spiro atoms. The zero-order valence-electron chi connectivity index (χ0n) is 14.6. The Morgan fingerprint density at radius 2 is 2.22 bits per heavy atom. The Bertz CT molecular complexity index is 933. The molecular formula is C18H17N5O2S2. The number of amides is 1. The molecule has 2 aromatic heterocycles. The second-order valence-corrected chi connectivity index (χ2v) is 7.25. The molecule has 0 unspecified atom stereocenters. The monoisotopic (exact) mass is 399 g/mol. The minimum Gasteiger partial charge on any atom is -0.495 e. The number of hydrogen-bond acceptors (Lipinski definition) is 7. The van der Waals surface area contributed by atoms with Crippen molar-refractivity contribution in [3.05, 3.63) is 41.8 Å². The summed E-state index contributed by atoms with van der Waals surface area (Å²) >= 11 is 2.82. The summed E-state index contributed by atoms with van der Waals surface area (Å²) in [7, 11) is 1.56. The van der Waals surface area contributed by atoms with Crippen LogP contribution in [0.25, 0.3) is 10.7 Å². The van der Waals surface area contributed by atoms with Crippen LogP contribution < -0.4 is 9.64 Å². The molecule has 7 nitrogen and oxygen atoms in total. The molecule has 1 N–H and O–H groups in total. The van der Waals surface area contributed by atoms with Crippen LogP contribution in [0, 0.1) is 11.3 Å². The van der Waals surface area contributed by atoms with Crippen LogP contribution in [0.4, 0.5) is 5.69 Å². The molecule has 0 aliphatic carbocycles. The van der Waals surface area contributed by atoms with Gasteiger partial charge in [0.1, 0.15) is 5.75 Å². The number of thiophene rings is 1. The molecule has 0 saturated carbocycles. The van der Waals surface area contributed by atoms with E-state index in [-0.39, 0.29) is 18.1 Å². The second-order valence-electron chi connectivity index (χ2n) is 5.36. The fraction of sp³-hybridized carbons (Fsp3) is 0.222. The van der Waals surface area contributed by atoms with E-state index >= 15 is 0 Å². The molecule has 0 radical (unpaired) electrons.